The second kappa shape index (κ2) is 7.42. The Bertz CT molecular complexity index is 975. The number of carbonyl (C=O) groups is 1. The fourth-order valence-corrected chi connectivity index (χ4v) is 3.44. The molecule has 0 spiro atoms. The normalized spacial score (nSPS) is 14.4. The molecule has 5 nitrogen and oxygen atoms in total. The molecule has 0 aliphatic carbocycles. The number of aromatic nitrogens is 2. The van der Waals surface area contributed by atoms with Crippen LogP contribution in [-0.2, 0) is 7.05 Å². The zero-order chi connectivity index (χ0) is 19.7. The standard InChI is InChI=1S/C21H20F2N4O/c1-25-20(15-2-4-16(22)5-3-15)14-19(24-25)21(28)27-12-10-26(11-13-27)18-8-6-17(23)7-9-18/h2-9,14H,10-13H2,1H3. The Kier molecular flexibility index (Phi) is 4.81. The van der Waals surface area contributed by atoms with Crippen LogP contribution in [0.3, 0.4) is 0 Å². The van der Waals surface area contributed by atoms with Gasteiger partial charge < -0.3 is 9.80 Å². The van der Waals surface area contributed by atoms with Gasteiger partial charge in [0.2, 0.25) is 0 Å². The third-order valence-electron chi connectivity index (χ3n) is 5.00. The Morgan fingerprint density at radius 3 is 2.07 bits per heavy atom. The van der Waals surface area contributed by atoms with Crippen LogP contribution in [0.15, 0.2) is 54.6 Å². The minimum atomic E-state index is -0.304. The van der Waals surface area contributed by atoms with E-state index in [0.29, 0.717) is 31.9 Å². The third-order valence-corrected chi connectivity index (χ3v) is 5.00. The Balaban J connectivity index is 1.45. The Labute approximate surface area is 161 Å². The number of rotatable bonds is 3. The summed E-state index contributed by atoms with van der Waals surface area (Å²) in [6.45, 7) is 2.49. The zero-order valence-corrected chi connectivity index (χ0v) is 15.5. The maximum absolute atomic E-state index is 13.1. The Morgan fingerprint density at radius 1 is 0.893 bits per heavy atom. The number of carbonyl (C=O) groups excluding carboxylic acids is 1. The van der Waals surface area contributed by atoms with Gasteiger partial charge in [0.1, 0.15) is 11.6 Å². The second-order valence-corrected chi connectivity index (χ2v) is 6.80. The van der Waals surface area contributed by atoms with Crippen molar-refractivity contribution in [3.63, 3.8) is 0 Å². The van der Waals surface area contributed by atoms with Crippen LogP contribution in [0.25, 0.3) is 11.3 Å². The summed E-state index contributed by atoms with van der Waals surface area (Å²) in [6.07, 6.45) is 0. The maximum Gasteiger partial charge on any atom is 0.274 e. The topological polar surface area (TPSA) is 41.4 Å². The molecule has 1 saturated heterocycles. The number of nitrogens with zero attached hydrogens (tertiary/aromatic N) is 4. The first-order chi connectivity index (χ1) is 13.5. The number of hydrogen-bond acceptors (Lipinski definition) is 3. The molecule has 1 amide bonds. The number of benzene rings is 2. The van der Waals surface area contributed by atoms with E-state index < -0.39 is 0 Å². The van der Waals surface area contributed by atoms with Gasteiger partial charge in [-0.3, -0.25) is 9.48 Å². The average Bonchev–Trinajstić information content (AvgIpc) is 3.10. The number of amides is 1. The Morgan fingerprint density at radius 2 is 1.46 bits per heavy atom. The highest BCUT2D eigenvalue weighted by atomic mass is 19.1. The first kappa shape index (κ1) is 18.2. The molecule has 0 bridgehead atoms. The van der Waals surface area contributed by atoms with Crippen LogP contribution in [0.1, 0.15) is 10.5 Å². The van der Waals surface area contributed by atoms with Crippen molar-refractivity contribution >= 4 is 11.6 Å². The first-order valence-corrected chi connectivity index (χ1v) is 9.11. The van der Waals surface area contributed by atoms with Crippen molar-refractivity contribution < 1.29 is 13.6 Å². The molecule has 0 saturated carbocycles. The molecule has 2 heterocycles. The van der Waals surface area contributed by atoms with Gasteiger partial charge in [0.05, 0.1) is 5.69 Å². The van der Waals surface area contributed by atoms with E-state index in [0.717, 1.165) is 16.9 Å². The van der Waals surface area contributed by atoms with Gasteiger partial charge in [-0.15, -0.1) is 0 Å². The number of anilines is 1. The zero-order valence-electron chi connectivity index (χ0n) is 15.5. The molecule has 1 fully saturated rings. The lowest BCUT2D eigenvalue weighted by Gasteiger charge is -2.35. The van der Waals surface area contributed by atoms with Crippen LogP contribution in [0.4, 0.5) is 14.5 Å². The fraction of sp³-hybridized carbons (Fsp3) is 0.238. The van der Waals surface area contributed by atoms with Crippen molar-refractivity contribution in [2.45, 2.75) is 0 Å². The van der Waals surface area contributed by atoms with E-state index in [-0.39, 0.29) is 17.5 Å². The summed E-state index contributed by atoms with van der Waals surface area (Å²) in [5.41, 5.74) is 2.88. The number of piperazine rings is 1. The van der Waals surface area contributed by atoms with Crippen LogP contribution in [-0.4, -0.2) is 46.8 Å². The summed E-state index contributed by atoms with van der Waals surface area (Å²) in [7, 11) is 1.77. The van der Waals surface area contributed by atoms with E-state index in [2.05, 4.69) is 10.00 Å². The van der Waals surface area contributed by atoms with Crippen LogP contribution < -0.4 is 4.90 Å². The quantitative estimate of drug-likeness (QED) is 0.698. The summed E-state index contributed by atoms with van der Waals surface area (Å²) in [4.78, 5) is 16.8. The molecular weight excluding hydrogens is 362 g/mol. The Hall–Kier alpha value is -3.22. The molecular formula is C21H20F2N4O. The summed E-state index contributed by atoms with van der Waals surface area (Å²) >= 11 is 0. The highest BCUT2D eigenvalue weighted by molar-refractivity contribution is 5.93. The second-order valence-electron chi connectivity index (χ2n) is 6.80. The minimum absolute atomic E-state index is 0.122. The van der Waals surface area contributed by atoms with Crippen LogP contribution in [0.2, 0.25) is 0 Å². The van der Waals surface area contributed by atoms with Crippen molar-refractivity contribution in [3.05, 3.63) is 71.9 Å². The predicted octanol–water partition coefficient (Wildman–Crippen LogP) is 3.33. The lowest BCUT2D eigenvalue weighted by molar-refractivity contribution is 0.0740. The molecule has 0 unspecified atom stereocenters. The molecule has 0 radical (unpaired) electrons. The molecule has 144 valence electrons. The molecule has 3 aromatic rings. The van der Waals surface area contributed by atoms with E-state index in [1.807, 2.05) is 0 Å². The van der Waals surface area contributed by atoms with Crippen LogP contribution in [0, 0.1) is 11.6 Å². The van der Waals surface area contributed by atoms with Gasteiger partial charge in [-0.25, -0.2) is 8.78 Å². The largest absolute Gasteiger partial charge is 0.368 e. The van der Waals surface area contributed by atoms with Crippen molar-refractivity contribution in [3.8, 4) is 11.3 Å². The van der Waals surface area contributed by atoms with Gasteiger partial charge in [0.25, 0.3) is 5.91 Å². The average molecular weight is 382 g/mol. The maximum atomic E-state index is 13.1. The fourth-order valence-electron chi connectivity index (χ4n) is 3.44. The predicted molar refractivity (Wildman–Crippen MR) is 103 cm³/mol. The highest BCUT2D eigenvalue weighted by Crippen LogP contribution is 2.22. The summed E-state index contributed by atoms with van der Waals surface area (Å²) in [6, 6.07) is 14.2. The molecule has 1 aliphatic rings. The lowest BCUT2D eigenvalue weighted by atomic mass is 10.1. The molecule has 1 aliphatic heterocycles. The van der Waals surface area contributed by atoms with E-state index >= 15 is 0 Å². The molecule has 7 heteroatoms. The lowest BCUT2D eigenvalue weighted by Crippen LogP contribution is -2.48. The van der Waals surface area contributed by atoms with Gasteiger partial charge >= 0.3 is 0 Å². The molecule has 0 N–H and O–H groups in total. The van der Waals surface area contributed by atoms with Crippen molar-refractivity contribution in [2.24, 2.45) is 7.05 Å². The number of aryl methyl sites for hydroxylation is 1. The summed E-state index contributed by atoms with van der Waals surface area (Å²) < 4.78 is 27.9. The molecule has 0 atom stereocenters. The van der Waals surface area contributed by atoms with Gasteiger partial charge in [-0.2, -0.15) is 5.10 Å². The van der Waals surface area contributed by atoms with E-state index in [9.17, 15) is 13.6 Å². The van der Waals surface area contributed by atoms with Crippen molar-refractivity contribution in [1.82, 2.24) is 14.7 Å². The van der Waals surface area contributed by atoms with Gasteiger partial charge in [-0.05, 0) is 60.2 Å². The summed E-state index contributed by atoms with van der Waals surface area (Å²) in [5.74, 6) is -0.686. The smallest absolute Gasteiger partial charge is 0.274 e. The number of halogens is 2. The minimum Gasteiger partial charge on any atom is -0.368 e. The van der Waals surface area contributed by atoms with E-state index in [1.54, 1.807) is 47.0 Å². The van der Waals surface area contributed by atoms with Crippen LogP contribution >= 0.6 is 0 Å². The van der Waals surface area contributed by atoms with Gasteiger partial charge in [-0.1, -0.05) is 0 Å². The van der Waals surface area contributed by atoms with E-state index in [1.165, 1.54) is 24.3 Å². The van der Waals surface area contributed by atoms with E-state index in [4.69, 9.17) is 0 Å². The van der Waals surface area contributed by atoms with Crippen LogP contribution in [0.5, 0.6) is 0 Å². The molecule has 1 aromatic heterocycles. The molecule has 2 aromatic carbocycles. The number of hydrogen-bond donors (Lipinski definition) is 0. The highest BCUT2D eigenvalue weighted by Gasteiger charge is 2.25. The first-order valence-electron chi connectivity index (χ1n) is 9.11. The molecule has 28 heavy (non-hydrogen) atoms. The van der Waals surface area contributed by atoms with Gasteiger partial charge in [0.15, 0.2) is 5.69 Å². The summed E-state index contributed by atoms with van der Waals surface area (Å²) in [5, 5.41) is 4.35. The van der Waals surface area contributed by atoms with Crippen molar-refractivity contribution in [1.29, 1.82) is 0 Å². The monoisotopic (exact) mass is 382 g/mol. The van der Waals surface area contributed by atoms with Crippen molar-refractivity contribution in [2.75, 3.05) is 31.1 Å². The third kappa shape index (κ3) is 3.60. The SMILES string of the molecule is Cn1nc(C(=O)N2CCN(c3ccc(F)cc3)CC2)cc1-c1ccc(F)cc1. The molecule has 4 rings (SSSR count). The van der Waals surface area contributed by atoms with Gasteiger partial charge in [0, 0.05) is 38.9 Å².